The fourth-order valence-corrected chi connectivity index (χ4v) is 3.28. The molecule has 1 heterocycles. The van der Waals surface area contributed by atoms with Crippen molar-refractivity contribution < 1.29 is 4.79 Å². The molecule has 0 fully saturated rings. The van der Waals surface area contributed by atoms with Gasteiger partial charge in [0.15, 0.2) is 0 Å². The Morgan fingerprint density at radius 3 is 2.61 bits per heavy atom. The van der Waals surface area contributed by atoms with E-state index < -0.39 is 6.04 Å². The van der Waals surface area contributed by atoms with Crippen LogP contribution >= 0.6 is 11.6 Å². The molecule has 0 saturated heterocycles. The molecule has 0 saturated carbocycles. The van der Waals surface area contributed by atoms with Gasteiger partial charge in [-0.15, -0.1) is 0 Å². The molecule has 144 valence electrons. The first-order valence-corrected chi connectivity index (χ1v) is 9.45. The van der Waals surface area contributed by atoms with E-state index in [-0.39, 0.29) is 17.4 Å². The molecule has 1 aromatic heterocycles. The zero-order valence-electron chi connectivity index (χ0n) is 15.9. The van der Waals surface area contributed by atoms with Crippen molar-refractivity contribution in [3.63, 3.8) is 0 Å². The third-order valence-electron chi connectivity index (χ3n) is 4.56. The maximum absolute atomic E-state index is 13.3. The largest absolute Gasteiger partial charge is 0.342 e. The summed E-state index contributed by atoms with van der Waals surface area (Å²) in [7, 11) is 0. The van der Waals surface area contributed by atoms with Gasteiger partial charge >= 0.3 is 0 Å². The van der Waals surface area contributed by atoms with Gasteiger partial charge in [0.25, 0.3) is 5.56 Å². The average molecular weight is 396 g/mol. The number of benzene rings is 2. The molecule has 0 spiro atoms. The van der Waals surface area contributed by atoms with Gasteiger partial charge in [0.2, 0.25) is 5.91 Å². The zero-order chi connectivity index (χ0) is 20.3. The molecule has 3 rings (SSSR count). The lowest BCUT2D eigenvalue weighted by atomic mass is 10.0. The number of rotatable bonds is 6. The summed E-state index contributed by atoms with van der Waals surface area (Å²) in [6.07, 6.45) is 1.22. The standard InChI is InChI=1S/C22H22ClN3O2/c1-4-19(27)25-20(14(2)3)21-24-18-12-16(23)10-11-17(18)22(28)26(21)13-15-8-6-5-7-9-15/h4-12,14,20H,1,13H2,2-3H3,(H,25,27)/t20-/m1/s1. The summed E-state index contributed by atoms with van der Waals surface area (Å²) in [5.74, 6) is 0.189. The number of nitrogens with zero attached hydrogens (tertiary/aromatic N) is 2. The number of amides is 1. The molecular weight excluding hydrogens is 374 g/mol. The molecule has 1 atom stereocenters. The summed E-state index contributed by atoms with van der Waals surface area (Å²) in [4.78, 5) is 30.0. The number of aromatic nitrogens is 2. The predicted molar refractivity (Wildman–Crippen MR) is 112 cm³/mol. The van der Waals surface area contributed by atoms with Gasteiger partial charge < -0.3 is 5.32 Å². The summed E-state index contributed by atoms with van der Waals surface area (Å²) >= 11 is 6.11. The molecule has 2 aromatic carbocycles. The van der Waals surface area contributed by atoms with Gasteiger partial charge in [0, 0.05) is 5.02 Å². The number of halogens is 1. The lowest BCUT2D eigenvalue weighted by Crippen LogP contribution is -2.37. The summed E-state index contributed by atoms with van der Waals surface area (Å²) in [6, 6.07) is 14.3. The smallest absolute Gasteiger partial charge is 0.261 e. The number of nitrogens with one attached hydrogen (secondary N) is 1. The Bertz CT molecular complexity index is 1070. The highest BCUT2D eigenvalue weighted by Crippen LogP contribution is 2.23. The van der Waals surface area contributed by atoms with Crippen molar-refractivity contribution in [3.05, 3.63) is 88.0 Å². The van der Waals surface area contributed by atoms with E-state index in [0.29, 0.717) is 28.3 Å². The first-order chi connectivity index (χ1) is 13.4. The number of fused-ring (bicyclic) bond motifs is 1. The quantitative estimate of drug-likeness (QED) is 0.639. The van der Waals surface area contributed by atoms with Crippen LogP contribution in [0.2, 0.25) is 5.02 Å². The van der Waals surface area contributed by atoms with Crippen LogP contribution in [0.5, 0.6) is 0 Å². The van der Waals surface area contributed by atoms with Gasteiger partial charge in [-0.05, 0) is 35.8 Å². The van der Waals surface area contributed by atoms with Gasteiger partial charge in [0.1, 0.15) is 5.82 Å². The fourth-order valence-electron chi connectivity index (χ4n) is 3.11. The van der Waals surface area contributed by atoms with E-state index in [4.69, 9.17) is 16.6 Å². The third-order valence-corrected chi connectivity index (χ3v) is 4.79. The molecule has 3 aromatic rings. The minimum Gasteiger partial charge on any atom is -0.342 e. The van der Waals surface area contributed by atoms with Gasteiger partial charge in [-0.25, -0.2) is 4.98 Å². The lowest BCUT2D eigenvalue weighted by Gasteiger charge is -2.25. The molecule has 28 heavy (non-hydrogen) atoms. The van der Waals surface area contributed by atoms with Crippen molar-refractivity contribution >= 4 is 28.4 Å². The van der Waals surface area contributed by atoms with Crippen molar-refractivity contribution in [1.29, 1.82) is 0 Å². The number of hydrogen-bond donors (Lipinski definition) is 1. The molecule has 0 aliphatic carbocycles. The second-order valence-corrected chi connectivity index (χ2v) is 7.38. The topological polar surface area (TPSA) is 64.0 Å². The normalized spacial score (nSPS) is 12.1. The van der Waals surface area contributed by atoms with Crippen LogP contribution in [0.15, 0.2) is 66.0 Å². The van der Waals surface area contributed by atoms with Crippen LogP contribution in [0.3, 0.4) is 0 Å². The molecule has 0 bridgehead atoms. The average Bonchev–Trinajstić information content (AvgIpc) is 2.68. The van der Waals surface area contributed by atoms with Crippen LogP contribution in [0.1, 0.15) is 31.3 Å². The Kier molecular flexibility index (Phi) is 5.95. The van der Waals surface area contributed by atoms with Crippen LogP contribution < -0.4 is 10.9 Å². The maximum Gasteiger partial charge on any atom is 0.261 e. The van der Waals surface area contributed by atoms with Crippen molar-refractivity contribution in [2.75, 3.05) is 0 Å². The van der Waals surface area contributed by atoms with Crippen molar-refractivity contribution in [1.82, 2.24) is 14.9 Å². The highest BCUT2D eigenvalue weighted by Gasteiger charge is 2.24. The minimum absolute atomic E-state index is 0.00876. The Morgan fingerprint density at radius 1 is 1.25 bits per heavy atom. The Morgan fingerprint density at radius 2 is 1.96 bits per heavy atom. The Labute approximate surface area is 168 Å². The molecular formula is C22H22ClN3O2. The Hall–Kier alpha value is -2.92. The summed E-state index contributed by atoms with van der Waals surface area (Å²) in [6.45, 7) is 7.81. The number of carbonyl (C=O) groups is 1. The van der Waals surface area contributed by atoms with E-state index >= 15 is 0 Å². The van der Waals surface area contributed by atoms with Gasteiger partial charge in [0.05, 0.1) is 23.5 Å². The second kappa shape index (κ2) is 8.40. The van der Waals surface area contributed by atoms with E-state index in [0.717, 1.165) is 5.56 Å². The number of hydrogen-bond acceptors (Lipinski definition) is 3. The molecule has 0 aliphatic heterocycles. The van der Waals surface area contributed by atoms with Gasteiger partial charge in [-0.2, -0.15) is 0 Å². The number of carbonyl (C=O) groups excluding carboxylic acids is 1. The van der Waals surface area contributed by atoms with Crippen molar-refractivity contribution in [3.8, 4) is 0 Å². The molecule has 1 amide bonds. The maximum atomic E-state index is 13.3. The zero-order valence-corrected chi connectivity index (χ0v) is 16.6. The summed E-state index contributed by atoms with van der Waals surface area (Å²) < 4.78 is 1.62. The molecule has 0 unspecified atom stereocenters. The first kappa shape index (κ1) is 19.8. The predicted octanol–water partition coefficient (Wildman–Crippen LogP) is 4.10. The fraction of sp³-hybridized carbons (Fsp3) is 0.227. The van der Waals surface area contributed by atoms with Gasteiger partial charge in [-0.3, -0.25) is 14.2 Å². The van der Waals surface area contributed by atoms with Crippen LogP contribution in [0, 0.1) is 5.92 Å². The first-order valence-electron chi connectivity index (χ1n) is 9.07. The molecule has 0 aliphatic rings. The third kappa shape index (κ3) is 4.15. The van der Waals surface area contributed by atoms with E-state index in [2.05, 4.69) is 11.9 Å². The summed E-state index contributed by atoms with van der Waals surface area (Å²) in [5, 5.41) is 3.89. The lowest BCUT2D eigenvalue weighted by molar-refractivity contribution is -0.117. The molecule has 0 radical (unpaired) electrons. The highest BCUT2D eigenvalue weighted by atomic mass is 35.5. The Balaban J connectivity index is 2.24. The SMILES string of the molecule is C=CC(=O)N[C@@H](c1nc2cc(Cl)ccc2c(=O)n1Cc1ccccc1)C(C)C. The van der Waals surface area contributed by atoms with Crippen LogP contribution in [-0.4, -0.2) is 15.5 Å². The van der Waals surface area contributed by atoms with E-state index in [1.165, 1.54) is 6.08 Å². The highest BCUT2D eigenvalue weighted by molar-refractivity contribution is 6.31. The van der Waals surface area contributed by atoms with Gasteiger partial charge in [-0.1, -0.05) is 62.4 Å². The minimum atomic E-state index is -0.453. The molecule has 5 nitrogen and oxygen atoms in total. The van der Waals surface area contributed by atoms with Crippen molar-refractivity contribution in [2.45, 2.75) is 26.4 Å². The van der Waals surface area contributed by atoms with Crippen LogP contribution in [-0.2, 0) is 11.3 Å². The van der Waals surface area contributed by atoms with Crippen molar-refractivity contribution in [2.24, 2.45) is 5.92 Å². The van der Waals surface area contributed by atoms with E-state index in [9.17, 15) is 9.59 Å². The molecule has 6 heteroatoms. The second-order valence-electron chi connectivity index (χ2n) is 6.94. The summed E-state index contributed by atoms with van der Waals surface area (Å²) in [5.41, 5.74) is 1.31. The molecule has 1 N–H and O–H groups in total. The van der Waals surface area contributed by atoms with E-state index in [1.54, 1.807) is 22.8 Å². The monoisotopic (exact) mass is 395 g/mol. The van der Waals surface area contributed by atoms with E-state index in [1.807, 2.05) is 44.2 Å². The van der Waals surface area contributed by atoms with Crippen LogP contribution in [0.4, 0.5) is 0 Å². The van der Waals surface area contributed by atoms with Crippen LogP contribution in [0.25, 0.3) is 10.9 Å².